The van der Waals surface area contributed by atoms with Crippen LogP contribution in [0.5, 0.6) is 0 Å². The maximum Gasteiger partial charge on any atom is 0.253 e. The van der Waals surface area contributed by atoms with E-state index in [1.165, 1.54) is 0 Å². The fraction of sp³-hybridized carbons (Fsp3) is 0.364. The number of hydrogen-bond donors (Lipinski definition) is 1. The summed E-state index contributed by atoms with van der Waals surface area (Å²) in [4.78, 5) is 12.0. The van der Waals surface area contributed by atoms with Crippen molar-refractivity contribution in [2.75, 3.05) is 11.8 Å². The molecule has 0 saturated carbocycles. The Morgan fingerprint density at radius 1 is 1.41 bits per heavy atom. The fourth-order valence-corrected chi connectivity index (χ4v) is 2.10. The Balaban J connectivity index is 2.94. The largest absolute Gasteiger partial charge is 0.344 e. The summed E-state index contributed by atoms with van der Waals surface area (Å²) >= 11 is 20.8. The molecular weight excluding hydrogens is 348 g/mol. The second-order valence-electron chi connectivity index (χ2n) is 3.91. The van der Waals surface area contributed by atoms with Gasteiger partial charge in [-0.1, -0.05) is 27.5 Å². The van der Waals surface area contributed by atoms with E-state index in [0.717, 1.165) is 4.47 Å². The number of alkyl halides is 2. The van der Waals surface area contributed by atoms with Gasteiger partial charge in [0.25, 0.3) is 5.91 Å². The van der Waals surface area contributed by atoms with Crippen molar-refractivity contribution in [2.45, 2.75) is 12.5 Å². The summed E-state index contributed by atoms with van der Waals surface area (Å²) in [7, 11) is 0. The van der Waals surface area contributed by atoms with E-state index in [1.807, 2.05) is 0 Å². The SMILES string of the molecule is CC(CCl)(CCl)NC(=O)c1cc(Br)ccc1Cl. The van der Waals surface area contributed by atoms with Crippen molar-refractivity contribution < 1.29 is 4.79 Å². The number of carbonyl (C=O) groups excluding carboxylic acids is 1. The van der Waals surface area contributed by atoms with Crippen molar-refractivity contribution in [3.63, 3.8) is 0 Å². The molecule has 0 aliphatic heterocycles. The number of rotatable bonds is 4. The Labute approximate surface area is 124 Å². The van der Waals surface area contributed by atoms with E-state index in [9.17, 15) is 4.79 Å². The van der Waals surface area contributed by atoms with E-state index in [0.29, 0.717) is 10.6 Å². The molecule has 0 aliphatic carbocycles. The lowest BCUT2D eigenvalue weighted by Crippen LogP contribution is -2.49. The van der Waals surface area contributed by atoms with Crippen LogP contribution in [0.15, 0.2) is 22.7 Å². The Morgan fingerprint density at radius 3 is 2.53 bits per heavy atom. The van der Waals surface area contributed by atoms with Crippen molar-refractivity contribution in [2.24, 2.45) is 0 Å². The highest BCUT2D eigenvalue weighted by molar-refractivity contribution is 9.10. The first kappa shape index (κ1) is 15.1. The Kier molecular flexibility index (Phi) is 5.58. The maximum absolute atomic E-state index is 12.0. The summed E-state index contributed by atoms with van der Waals surface area (Å²) in [5, 5.41) is 3.16. The molecule has 6 heteroatoms. The lowest BCUT2D eigenvalue weighted by atomic mass is 10.1. The molecule has 94 valence electrons. The third-order valence-electron chi connectivity index (χ3n) is 2.18. The summed E-state index contributed by atoms with van der Waals surface area (Å²) in [6.45, 7) is 1.77. The minimum absolute atomic E-state index is 0.230. The Morgan fingerprint density at radius 2 is 2.00 bits per heavy atom. The van der Waals surface area contributed by atoms with Crippen LogP contribution >= 0.6 is 50.7 Å². The van der Waals surface area contributed by atoms with E-state index in [2.05, 4.69) is 21.2 Å². The van der Waals surface area contributed by atoms with E-state index in [1.54, 1.807) is 25.1 Å². The standard InChI is InChI=1S/C11H11BrCl3NO/c1-11(5-13,6-14)16-10(17)8-4-7(12)2-3-9(8)15/h2-4H,5-6H2,1H3,(H,16,17). The smallest absolute Gasteiger partial charge is 0.253 e. The number of benzene rings is 1. The lowest BCUT2D eigenvalue weighted by molar-refractivity contribution is 0.0921. The van der Waals surface area contributed by atoms with Gasteiger partial charge >= 0.3 is 0 Å². The van der Waals surface area contributed by atoms with E-state index < -0.39 is 5.54 Å². The van der Waals surface area contributed by atoms with Gasteiger partial charge in [0, 0.05) is 16.2 Å². The predicted octanol–water partition coefficient (Wildman–Crippen LogP) is 4.07. The highest BCUT2D eigenvalue weighted by Crippen LogP contribution is 2.22. The second-order valence-corrected chi connectivity index (χ2v) is 5.76. The molecule has 0 heterocycles. The van der Waals surface area contributed by atoms with Gasteiger partial charge in [0.05, 0.1) is 16.1 Å². The van der Waals surface area contributed by atoms with E-state index >= 15 is 0 Å². The molecule has 0 unspecified atom stereocenters. The molecule has 1 aromatic carbocycles. The minimum Gasteiger partial charge on any atom is -0.344 e. The first-order valence-corrected chi connectivity index (χ1v) is 7.05. The monoisotopic (exact) mass is 357 g/mol. The average Bonchev–Trinajstić information content (AvgIpc) is 2.32. The van der Waals surface area contributed by atoms with E-state index in [4.69, 9.17) is 34.8 Å². The molecule has 1 rings (SSSR count). The predicted molar refractivity (Wildman–Crippen MR) is 76.5 cm³/mol. The average molecular weight is 359 g/mol. The molecule has 0 fully saturated rings. The van der Waals surface area contributed by atoms with Gasteiger partial charge in [-0.15, -0.1) is 23.2 Å². The van der Waals surface area contributed by atoms with Crippen LogP contribution in [0.25, 0.3) is 0 Å². The molecule has 0 atom stereocenters. The molecule has 0 saturated heterocycles. The molecule has 0 spiro atoms. The van der Waals surface area contributed by atoms with Crippen LogP contribution in [0, 0.1) is 0 Å². The Hall–Kier alpha value is 0.0400. The van der Waals surface area contributed by atoms with Crippen LogP contribution < -0.4 is 5.32 Å². The molecule has 0 aliphatic rings. The number of amides is 1. The summed E-state index contributed by atoms with van der Waals surface area (Å²) in [5.74, 6) is 0.168. The van der Waals surface area contributed by atoms with Gasteiger partial charge in [-0.3, -0.25) is 4.79 Å². The number of carbonyl (C=O) groups is 1. The molecule has 0 radical (unpaired) electrons. The van der Waals surface area contributed by atoms with Crippen LogP contribution in [-0.4, -0.2) is 23.2 Å². The summed E-state index contributed by atoms with van der Waals surface area (Å²) in [5.41, 5.74) is -0.256. The molecule has 2 nitrogen and oxygen atoms in total. The fourth-order valence-electron chi connectivity index (χ4n) is 1.12. The Bertz CT molecular complexity index is 421. The molecule has 0 aromatic heterocycles. The molecule has 1 aromatic rings. The molecule has 1 amide bonds. The van der Waals surface area contributed by atoms with Gasteiger partial charge in [-0.25, -0.2) is 0 Å². The lowest BCUT2D eigenvalue weighted by Gasteiger charge is -2.26. The van der Waals surface area contributed by atoms with Crippen molar-refractivity contribution >= 4 is 56.6 Å². The van der Waals surface area contributed by atoms with Crippen LogP contribution in [-0.2, 0) is 0 Å². The first-order chi connectivity index (χ1) is 7.91. The van der Waals surface area contributed by atoms with Crippen LogP contribution in [0.1, 0.15) is 17.3 Å². The van der Waals surface area contributed by atoms with Gasteiger partial charge < -0.3 is 5.32 Å². The van der Waals surface area contributed by atoms with Crippen molar-refractivity contribution in [1.82, 2.24) is 5.32 Å². The van der Waals surface area contributed by atoms with Gasteiger partial charge in [0.2, 0.25) is 0 Å². The van der Waals surface area contributed by atoms with Gasteiger partial charge in [-0.2, -0.15) is 0 Å². The third kappa shape index (κ3) is 4.02. The maximum atomic E-state index is 12.0. The molecule has 1 N–H and O–H groups in total. The van der Waals surface area contributed by atoms with Crippen molar-refractivity contribution in [1.29, 1.82) is 0 Å². The summed E-state index contributed by atoms with van der Waals surface area (Å²) < 4.78 is 0.783. The minimum atomic E-state index is -0.647. The number of halogens is 4. The zero-order chi connectivity index (χ0) is 13.1. The number of hydrogen-bond acceptors (Lipinski definition) is 1. The van der Waals surface area contributed by atoms with Crippen molar-refractivity contribution in [3.05, 3.63) is 33.3 Å². The second kappa shape index (κ2) is 6.28. The van der Waals surface area contributed by atoms with Gasteiger partial charge in [0.1, 0.15) is 0 Å². The quantitative estimate of drug-likeness (QED) is 0.807. The van der Waals surface area contributed by atoms with Crippen LogP contribution in [0.2, 0.25) is 5.02 Å². The third-order valence-corrected chi connectivity index (χ3v) is 4.18. The van der Waals surface area contributed by atoms with E-state index in [-0.39, 0.29) is 17.7 Å². The topological polar surface area (TPSA) is 29.1 Å². The van der Waals surface area contributed by atoms with Crippen LogP contribution in [0.4, 0.5) is 0 Å². The van der Waals surface area contributed by atoms with Crippen molar-refractivity contribution in [3.8, 4) is 0 Å². The molecular formula is C11H11BrCl3NO. The molecule has 0 bridgehead atoms. The first-order valence-electron chi connectivity index (χ1n) is 4.81. The normalized spacial score (nSPS) is 11.4. The highest BCUT2D eigenvalue weighted by atomic mass is 79.9. The number of nitrogens with one attached hydrogen (secondary N) is 1. The van der Waals surface area contributed by atoms with Crippen LogP contribution in [0.3, 0.4) is 0 Å². The zero-order valence-corrected chi connectivity index (χ0v) is 12.9. The summed E-state index contributed by atoms with van der Waals surface area (Å²) in [6.07, 6.45) is 0. The zero-order valence-electron chi connectivity index (χ0n) is 9.07. The van der Waals surface area contributed by atoms with Gasteiger partial charge in [0.15, 0.2) is 0 Å². The van der Waals surface area contributed by atoms with Gasteiger partial charge in [-0.05, 0) is 25.1 Å². The molecule has 17 heavy (non-hydrogen) atoms. The highest BCUT2D eigenvalue weighted by Gasteiger charge is 2.25. The summed E-state index contributed by atoms with van der Waals surface area (Å²) in [6, 6.07) is 5.07.